The maximum absolute atomic E-state index is 13.2. The number of carbonyl (C=O) groups excluding carboxylic acids is 2. The van der Waals surface area contributed by atoms with Crippen LogP contribution in [0.25, 0.3) is 0 Å². The van der Waals surface area contributed by atoms with E-state index in [1.807, 2.05) is 4.90 Å². The van der Waals surface area contributed by atoms with Crippen LogP contribution in [0.1, 0.15) is 55.4 Å². The fourth-order valence-corrected chi connectivity index (χ4v) is 4.24. The van der Waals surface area contributed by atoms with E-state index in [1.165, 1.54) is 6.20 Å². The highest BCUT2D eigenvalue weighted by atomic mass is 16.5. The first-order valence-electron chi connectivity index (χ1n) is 9.75. The van der Waals surface area contributed by atoms with Gasteiger partial charge in [0.25, 0.3) is 5.91 Å². The van der Waals surface area contributed by atoms with Crippen molar-refractivity contribution in [1.29, 1.82) is 0 Å². The minimum atomic E-state index is -0.571. The molecule has 7 heteroatoms. The van der Waals surface area contributed by atoms with Crippen LogP contribution < -0.4 is 10.5 Å². The van der Waals surface area contributed by atoms with Gasteiger partial charge in [-0.05, 0) is 25.3 Å². The van der Waals surface area contributed by atoms with Crippen LogP contribution in [0.2, 0.25) is 0 Å². The number of piperidine rings is 1. The highest BCUT2D eigenvalue weighted by molar-refractivity contribution is 5.91. The first-order chi connectivity index (χ1) is 13.0. The summed E-state index contributed by atoms with van der Waals surface area (Å²) in [5.74, 6) is 0.310. The van der Waals surface area contributed by atoms with Crippen LogP contribution in [-0.4, -0.2) is 54.6 Å². The van der Waals surface area contributed by atoms with E-state index in [1.54, 1.807) is 19.2 Å². The van der Waals surface area contributed by atoms with Gasteiger partial charge in [-0.25, -0.2) is 0 Å². The molecular weight excluding hydrogens is 346 g/mol. The smallest absolute Gasteiger partial charge is 0.267 e. The number of ether oxygens (including phenoxy) is 2. The van der Waals surface area contributed by atoms with E-state index in [4.69, 9.17) is 15.2 Å². The number of primary amides is 1. The molecule has 3 rings (SSSR count). The van der Waals surface area contributed by atoms with E-state index in [2.05, 4.69) is 4.98 Å². The van der Waals surface area contributed by atoms with Crippen molar-refractivity contribution in [2.24, 2.45) is 11.1 Å². The summed E-state index contributed by atoms with van der Waals surface area (Å²) in [7, 11) is 1.69. The molecule has 0 spiro atoms. The highest BCUT2D eigenvalue weighted by Gasteiger charge is 2.43. The van der Waals surface area contributed by atoms with Gasteiger partial charge in [0.15, 0.2) is 0 Å². The summed E-state index contributed by atoms with van der Waals surface area (Å²) in [6.07, 6.45) is 8.10. The van der Waals surface area contributed by atoms with Crippen molar-refractivity contribution in [3.05, 3.63) is 24.0 Å². The quantitative estimate of drug-likeness (QED) is 0.788. The molecule has 2 aliphatic rings. The Labute approximate surface area is 160 Å². The first-order valence-corrected chi connectivity index (χ1v) is 9.75. The van der Waals surface area contributed by atoms with Gasteiger partial charge in [-0.2, -0.15) is 0 Å². The van der Waals surface area contributed by atoms with Crippen LogP contribution in [0, 0.1) is 5.41 Å². The molecule has 148 valence electrons. The van der Waals surface area contributed by atoms with Crippen molar-refractivity contribution in [2.75, 3.05) is 26.8 Å². The Balaban J connectivity index is 1.56. The van der Waals surface area contributed by atoms with Gasteiger partial charge in [0.05, 0.1) is 5.41 Å². The minimum Gasteiger partial charge on any atom is -0.490 e. The maximum atomic E-state index is 13.2. The third-order valence-electron chi connectivity index (χ3n) is 5.81. The summed E-state index contributed by atoms with van der Waals surface area (Å²) in [4.78, 5) is 30.4. The lowest BCUT2D eigenvalue weighted by atomic mass is 9.81. The summed E-state index contributed by atoms with van der Waals surface area (Å²) in [6, 6.07) is 3.29. The van der Waals surface area contributed by atoms with E-state index >= 15 is 0 Å². The molecule has 1 aromatic rings. The lowest BCUT2D eigenvalue weighted by Crippen LogP contribution is -2.48. The average molecular weight is 375 g/mol. The van der Waals surface area contributed by atoms with Gasteiger partial charge < -0.3 is 20.1 Å². The van der Waals surface area contributed by atoms with E-state index < -0.39 is 5.91 Å². The standard InChI is InChI=1S/C20H29N3O4/c1-26-13-9-20(7-2-3-8-20)19(25)23-11-5-15(6-12-23)27-16-4-10-22-17(14-16)18(21)24/h4,10,14-15H,2-3,5-9,11-13H2,1H3,(H2,21,24). The molecule has 2 heterocycles. The van der Waals surface area contributed by atoms with E-state index in [0.717, 1.165) is 44.9 Å². The normalized spacial score (nSPS) is 19.8. The summed E-state index contributed by atoms with van der Waals surface area (Å²) < 4.78 is 11.2. The zero-order chi connectivity index (χ0) is 19.3. The molecule has 2 N–H and O–H groups in total. The maximum Gasteiger partial charge on any atom is 0.267 e. The molecule has 0 aromatic carbocycles. The second kappa shape index (κ2) is 8.69. The number of methoxy groups -OCH3 is 1. The predicted molar refractivity (Wildman–Crippen MR) is 100 cm³/mol. The highest BCUT2D eigenvalue weighted by Crippen LogP contribution is 2.43. The van der Waals surface area contributed by atoms with E-state index in [0.29, 0.717) is 25.4 Å². The molecule has 2 amide bonds. The summed E-state index contributed by atoms with van der Waals surface area (Å²) in [5, 5.41) is 0. The number of hydrogen-bond acceptors (Lipinski definition) is 5. The SMILES string of the molecule is COCCC1(C(=O)N2CCC(Oc3ccnc(C(N)=O)c3)CC2)CCCC1. The number of pyridine rings is 1. The first kappa shape index (κ1) is 19.6. The van der Waals surface area contributed by atoms with Crippen molar-refractivity contribution in [3.8, 4) is 5.75 Å². The van der Waals surface area contributed by atoms with Crippen LogP contribution in [0.4, 0.5) is 0 Å². The minimum absolute atomic E-state index is 0.0238. The molecular formula is C20H29N3O4. The number of amides is 2. The van der Waals surface area contributed by atoms with Crippen molar-refractivity contribution in [3.63, 3.8) is 0 Å². The van der Waals surface area contributed by atoms with Crippen molar-refractivity contribution < 1.29 is 19.1 Å². The topological polar surface area (TPSA) is 94.8 Å². The number of aromatic nitrogens is 1. The van der Waals surface area contributed by atoms with E-state index in [-0.39, 0.29) is 23.1 Å². The van der Waals surface area contributed by atoms with Gasteiger partial charge in [-0.3, -0.25) is 14.6 Å². The van der Waals surface area contributed by atoms with Crippen LogP contribution in [-0.2, 0) is 9.53 Å². The van der Waals surface area contributed by atoms with Gasteiger partial charge in [0.1, 0.15) is 17.5 Å². The molecule has 1 aliphatic heterocycles. The van der Waals surface area contributed by atoms with Crippen molar-refractivity contribution >= 4 is 11.8 Å². The second-order valence-electron chi connectivity index (χ2n) is 7.58. The zero-order valence-corrected chi connectivity index (χ0v) is 16.0. The van der Waals surface area contributed by atoms with Crippen LogP contribution in [0.15, 0.2) is 18.3 Å². The lowest BCUT2D eigenvalue weighted by molar-refractivity contribution is -0.145. The van der Waals surface area contributed by atoms with Crippen LogP contribution in [0.5, 0.6) is 5.75 Å². The molecule has 1 saturated heterocycles. The van der Waals surface area contributed by atoms with Gasteiger partial charge in [-0.1, -0.05) is 12.8 Å². The number of rotatable bonds is 7. The molecule has 2 fully saturated rings. The third kappa shape index (κ3) is 4.58. The predicted octanol–water partition coefficient (Wildman–Crippen LogP) is 2.15. The fraction of sp³-hybridized carbons (Fsp3) is 0.650. The molecule has 1 saturated carbocycles. The number of carbonyl (C=O) groups is 2. The Morgan fingerprint density at radius 1 is 1.30 bits per heavy atom. The molecule has 1 aliphatic carbocycles. The number of nitrogens with two attached hydrogens (primary N) is 1. The summed E-state index contributed by atoms with van der Waals surface area (Å²) in [6.45, 7) is 2.04. The van der Waals surface area contributed by atoms with Gasteiger partial charge in [0.2, 0.25) is 5.91 Å². The average Bonchev–Trinajstić information content (AvgIpc) is 3.17. The molecule has 1 aromatic heterocycles. The third-order valence-corrected chi connectivity index (χ3v) is 5.81. The second-order valence-corrected chi connectivity index (χ2v) is 7.58. The molecule has 27 heavy (non-hydrogen) atoms. The lowest BCUT2D eigenvalue weighted by Gasteiger charge is -2.38. The molecule has 0 bridgehead atoms. The molecule has 0 unspecified atom stereocenters. The Morgan fingerprint density at radius 3 is 2.63 bits per heavy atom. The Hall–Kier alpha value is -2.15. The van der Waals surface area contributed by atoms with Crippen LogP contribution in [0.3, 0.4) is 0 Å². The van der Waals surface area contributed by atoms with Gasteiger partial charge in [-0.15, -0.1) is 0 Å². The monoisotopic (exact) mass is 375 g/mol. The molecule has 0 radical (unpaired) electrons. The molecule has 0 atom stereocenters. The Morgan fingerprint density at radius 2 is 2.00 bits per heavy atom. The van der Waals surface area contributed by atoms with Crippen LogP contribution >= 0.6 is 0 Å². The largest absolute Gasteiger partial charge is 0.490 e. The number of hydrogen-bond donors (Lipinski definition) is 1. The fourth-order valence-electron chi connectivity index (χ4n) is 4.24. The van der Waals surface area contributed by atoms with Crippen molar-refractivity contribution in [2.45, 2.75) is 51.0 Å². The van der Waals surface area contributed by atoms with Crippen molar-refractivity contribution in [1.82, 2.24) is 9.88 Å². The molecule has 7 nitrogen and oxygen atoms in total. The van der Waals surface area contributed by atoms with Gasteiger partial charge >= 0.3 is 0 Å². The number of likely N-dealkylation sites (tertiary alicyclic amines) is 1. The zero-order valence-electron chi connectivity index (χ0n) is 16.0. The Kier molecular flexibility index (Phi) is 6.31. The summed E-state index contributed by atoms with van der Waals surface area (Å²) >= 11 is 0. The summed E-state index contributed by atoms with van der Waals surface area (Å²) in [5.41, 5.74) is 5.23. The Bertz CT molecular complexity index is 665. The number of nitrogens with zero attached hydrogens (tertiary/aromatic N) is 2. The van der Waals surface area contributed by atoms with E-state index in [9.17, 15) is 9.59 Å². The van der Waals surface area contributed by atoms with Gasteiger partial charge in [0, 0.05) is 51.9 Å².